The fourth-order valence-electron chi connectivity index (χ4n) is 3.33. The Morgan fingerprint density at radius 1 is 1.07 bits per heavy atom. The first-order chi connectivity index (χ1) is 13.4. The largest absolute Gasteiger partial charge is 0.352 e. The topological polar surface area (TPSA) is 83.4 Å². The summed E-state index contributed by atoms with van der Waals surface area (Å²) in [4.78, 5) is 28.8. The summed E-state index contributed by atoms with van der Waals surface area (Å²) in [5, 5.41) is 11.0. The Morgan fingerprint density at radius 2 is 1.75 bits per heavy atom. The lowest BCUT2D eigenvalue weighted by Crippen LogP contribution is -2.47. The van der Waals surface area contributed by atoms with E-state index in [1.807, 2.05) is 36.9 Å². The number of hydrogen-bond acceptors (Lipinski definition) is 5. The molecule has 0 atom stereocenters. The van der Waals surface area contributed by atoms with E-state index in [4.69, 9.17) is 0 Å². The maximum atomic E-state index is 12.5. The van der Waals surface area contributed by atoms with Gasteiger partial charge in [0, 0.05) is 44.8 Å². The van der Waals surface area contributed by atoms with Gasteiger partial charge in [-0.2, -0.15) is 0 Å². The normalized spacial score (nSPS) is 14.9. The molecule has 8 nitrogen and oxygen atoms in total. The molecule has 2 amide bonds. The number of benzene rings is 1. The lowest BCUT2D eigenvalue weighted by atomic mass is 10.1. The zero-order valence-corrected chi connectivity index (χ0v) is 16.8. The first kappa shape index (κ1) is 20.0. The summed E-state index contributed by atoms with van der Waals surface area (Å²) in [5.41, 5.74) is 3.21. The Kier molecular flexibility index (Phi) is 6.41. The monoisotopic (exact) mass is 384 g/mol. The lowest BCUT2D eigenvalue weighted by molar-refractivity contribution is 0.0658. The van der Waals surface area contributed by atoms with Gasteiger partial charge >= 0.3 is 0 Å². The first-order valence-electron chi connectivity index (χ1n) is 9.67. The number of rotatable bonds is 6. The van der Waals surface area contributed by atoms with Gasteiger partial charge in [0.1, 0.15) is 0 Å². The third-order valence-corrected chi connectivity index (χ3v) is 4.88. The van der Waals surface area contributed by atoms with Gasteiger partial charge in [-0.3, -0.25) is 14.3 Å². The lowest BCUT2D eigenvalue weighted by Gasteiger charge is -2.31. The van der Waals surface area contributed by atoms with Gasteiger partial charge in [-0.1, -0.05) is 22.4 Å². The summed E-state index contributed by atoms with van der Waals surface area (Å²) < 4.78 is 1.66. The van der Waals surface area contributed by atoms with Gasteiger partial charge in [0.2, 0.25) is 0 Å². The van der Waals surface area contributed by atoms with Crippen molar-refractivity contribution in [1.29, 1.82) is 0 Å². The van der Waals surface area contributed by atoms with Crippen LogP contribution in [-0.2, 0) is 6.54 Å². The molecule has 8 heteroatoms. The van der Waals surface area contributed by atoms with Crippen LogP contribution in [0.25, 0.3) is 0 Å². The molecule has 28 heavy (non-hydrogen) atoms. The fraction of sp³-hybridized carbons (Fsp3) is 0.500. The molecule has 1 aromatic carbocycles. The van der Waals surface area contributed by atoms with Crippen molar-refractivity contribution in [2.75, 3.05) is 39.8 Å². The number of likely N-dealkylation sites (N-methyl/N-ethyl adjacent to an activating group) is 1. The van der Waals surface area contributed by atoms with Gasteiger partial charge in [-0.25, -0.2) is 0 Å². The van der Waals surface area contributed by atoms with Crippen molar-refractivity contribution in [2.24, 2.45) is 0 Å². The van der Waals surface area contributed by atoms with Gasteiger partial charge in [-0.05, 0) is 39.4 Å². The van der Waals surface area contributed by atoms with Crippen molar-refractivity contribution >= 4 is 11.8 Å². The molecule has 0 unspecified atom stereocenters. The van der Waals surface area contributed by atoms with Crippen molar-refractivity contribution in [2.45, 2.75) is 26.8 Å². The minimum Gasteiger partial charge on any atom is -0.352 e. The SMILES string of the molecule is Cc1cc(C)cc(C(=O)NCCCn2cc(C(=O)N3CCN(C)CC3)nn2)c1. The van der Waals surface area contributed by atoms with Crippen molar-refractivity contribution < 1.29 is 9.59 Å². The molecule has 2 aromatic rings. The molecule has 0 aliphatic carbocycles. The van der Waals surface area contributed by atoms with E-state index in [1.165, 1.54) is 0 Å². The molecular weight excluding hydrogens is 356 g/mol. The molecule has 1 N–H and O–H groups in total. The van der Waals surface area contributed by atoms with Crippen LogP contribution in [0.2, 0.25) is 0 Å². The highest BCUT2D eigenvalue weighted by atomic mass is 16.2. The van der Waals surface area contributed by atoms with Crippen LogP contribution in [0.5, 0.6) is 0 Å². The molecule has 1 saturated heterocycles. The second-order valence-electron chi connectivity index (χ2n) is 7.45. The van der Waals surface area contributed by atoms with E-state index >= 15 is 0 Å². The van der Waals surface area contributed by atoms with E-state index in [0.717, 1.165) is 24.2 Å². The highest BCUT2D eigenvalue weighted by Gasteiger charge is 2.22. The molecule has 0 bridgehead atoms. The van der Waals surface area contributed by atoms with Crippen LogP contribution in [0.1, 0.15) is 38.4 Å². The van der Waals surface area contributed by atoms with E-state index in [1.54, 1.807) is 10.9 Å². The number of nitrogens with one attached hydrogen (secondary N) is 1. The predicted octanol–water partition coefficient (Wildman–Crippen LogP) is 1.10. The zero-order chi connectivity index (χ0) is 20.1. The Bertz CT molecular complexity index is 819. The van der Waals surface area contributed by atoms with Crippen LogP contribution in [0.3, 0.4) is 0 Å². The molecule has 0 radical (unpaired) electrons. The van der Waals surface area contributed by atoms with Gasteiger partial charge in [-0.15, -0.1) is 5.10 Å². The second-order valence-corrected chi connectivity index (χ2v) is 7.45. The van der Waals surface area contributed by atoms with Gasteiger partial charge in [0.25, 0.3) is 11.8 Å². The van der Waals surface area contributed by atoms with Gasteiger partial charge < -0.3 is 15.1 Å². The van der Waals surface area contributed by atoms with E-state index in [0.29, 0.717) is 43.9 Å². The number of aryl methyl sites for hydroxylation is 3. The fourth-order valence-corrected chi connectivity index (χ4v) is 3.33. The molecule has 0 saturated carbocycles. The average Bonchev–Trinajstić information content (AvgIpc) is 3.13. The quantitative estimate of drug-likeness (QED) is 0.754. The smallest absolute Gasteiger partial charge is 0.276 e. The summed E-state index contributed by atoms with van der Waals surface area (Å²) >= 11 is 0. The van der Waals surface area contributed by atoms with Crippen LogP contribution >= 0.6 is 0 Å². The number of piperazine rings is 1. The number of amides is 2. The summed E-state index contributed by atoms with van der Waals surface area (Å²) in [5.74, 6) is -0.140. The molecule has 150 valence electrons. The van der Waals surface area contributed by atoms with Crippen molar-refractivity contribution in [3.63, 3.8) is 0 Å². The van der Waals surface area contributed by atoms with Gasteiger partial charge in [0.05, 0.1) is 6.20 Å². The number of carbonyl (C=O) groups is 2. The highest BCUT2D eigenvalue weighted by Crippen LogP contribution is 2.09. The van der Waals surface area contributed by atoms with E-state index in [9.17, 15) is 9.59 Å². The minimum atomic E-state index is -0.0728. The van der Waals surface area contributed by atoms with Crippen LogP contribution in [-0.4, -0.2) is 76.4 Å². The Hall–Kier alpha value is -2.74. The first-order valence-corrected chi connectivity index (χ1v) is 9.67. The third-order valence-electron chi connectivity index (χ3n) is 4.88. The van der Waals surface area contributed by atoms with Crippen LogP contribution in [0, 0.1) is 13.8 Å². The summed E-state index contributed by atoms with van der Waals surface area (Å²) in [6, 6.07) is 5.81. The van der Waals surface area contributed by atoms with Crippen molar-refractivity contribution in [1.82, 2.24) is 30.1 Å². The second kappa shape index (κ2) is 8.97. The minimum absolute atomic E-state index is 0.0672. The average molecular weight is 384 g/mol. The Balaban J connectivity index is 1.44. The molecular formula is C20H28N6O2. The predicted molar refractivity (Wildman–Crippen MR) is 106 cm³/mol. The maximum absolute atomic E-state index is 12.5. The summed E-state index contributed by atoms with van der Waals surface area (Å²) in [6.45, 7) is 8.27. The van der Waals surface area contributed by atoms with Crippen LogP contribution in [0.15, 0.2) is 24.4 Å². The van der Waals surface area contributed by atoms with E-state index < -0.39 is 0 Å². The molecule has 1 aliphatic rings. The van der Waals surface area contributed by atoms with Crippen LogP contribution < -0.4 is 5.32 Å². The molecule has 1 aromatic heterocycles. The van der Waals surface area contributed by atoms with E-state index in [-0.39, 0.29) is 11.8 Å². The third kappa shape index (κ3) is 5.16. The van der Waals surface area contributed by atoms with E-state index in [2.05, 4.69) is 27.6 Å². The number of nitrogens with zero attached hydrogens (tertiary/aromatic N) is 5. The molecule has 2 heterocycles. The molecule has 1 aliphatic heterocycles. The molecule has 3 rings (SSSR count). The Morgan fingerprint density at radius 3 is 2.43 bits per heavy atom. The number of carbonyl (C=O) groups excluding carboxylic acids is 2. The molecule has 0 spiro atoms. The summed E-state index contributed by atoms with van der Waals surface area (Å²) in [6.07, 6.45) is 2.40. The summed E-state index contributed by atoms with van der Waals surface area (Å²) in [7, 11) is 2.05. The standard InChI is InChI=1S/C20H28N6O2/c1-15-11-16(2)13-17(12-15)19(27)21-5-4-6-26-14-18(22-23-26)20(28)25-9-7-24(3)8-10-25/h11-14H,4-10H2,1-3H3,(H,21,27). The van der Waals surface area contributed by atoms with Gasteiger partial charge in [0.15, 0.2) is 5.69 Å². The van der Waals surface area contributed by atoms with Crippen molar-refractivity contribution in [3.8, 4) is 0 Å². The maximum Gasteiger partial charge on any atom is 0.276 e. The Labute approximate surface area is 165 Å². The van der Waals surface area contributed by atoms with Crippen molar-refractivity contribution in [3.05, 3.63) is 46.8 Å². The van der Waals surface area contributed by atoms with Crippen LogP contribution in [0.4, 0.5) is 0 Å². The number of hydrogen-bond donors (Lipinski definition) is 1. The number of aromatic nitrogens is 3. The zero-order valence-electron chi connectivity index (χ0n) is 16.8. The molecule has 1 fully saturated rings. The highest BCUT2D eigenvalue weighted by molar-refractivity contribution is 5.94.